The van der Waals surface area contributed by atoms with Crippen LogP contribution in [0, 0.1) is 11.8 Å². The molecule has 2 N–H and O–H groups in total. The molecule has 0 aliphatic heterocycles. The molecule has 1 rings (SSSR count). The first kappa shape index (κ1) is 14.2. The Labute approximate surface area is 108 Å². The summed E-state index contributed by atoms with van der Waals surface area (Å²) >= 11 is 0. The maximum absolute atomic E-state index is 5.42. The van der Waals surface area contributed by atoms with Crippen molar-refractivity contribution in [3.05, 3.63) is 17.7 Å². The summed E-state index contributed by atoms with van der Waals surface area (Å²) in [6, 6.07) is 3.67. The van der Waals surface area contributed by atoms with Crippen molar-refractivity contribution >= 4 is 0 Å². The van der Waals surface area contributed by atoms with Gasteiger partial charge in [0, 0.05) is 6.42 Å². The van der Waals surface area contributed by atoms with E-state index in [0.29, 0.717) is 23.8 Å². The molecule has 0 spiro atoms. The van der Waals surface area contributed by atoms with E-state index in [1.807, 2.05) is 12.1 Å². The van der Waals surface area contributed by atoms with Crippen LogP contribution in [0.25, 0.3) is 0 Å². The van der Waals surface area contributed by atoms with Crippen LogP contribution in [0.1, 0.15) is 18.4 Å². The molecule has 0 radical (unpaired) electrons. The predicted octanol–water partition coefficient (Wildman–Crippen LogP) is 1.80. The van der Waals surface area contributed by atoms with Crippen LogP contribution in [-0.2, 0) is 0 Å². The van der Waals surface area contributed by atoms with Crippen molar-refractivity contribution < 1.29 is 14.2 Å². The second-order valence-electron chi connectivity index (χ2n) is 3.58. The lowest BCUT2D eigenvalue weighted by Crippen LogP contribution is -1.97. The second kappa shape index (κ2) is 7.46. The van der Waals surface area contributed by atoms with Gasteiger partial charge in [0.25, 0.3) is 0 Å². The smallest absolute Gasteiger partial charge is 0.204 e. The van der Waals surface area contributed by atoms with Gasteiger partial charge in [-0.1, -0.05) is 11.8 Å². The van der Waals surface area contributed by atoms with E-state index in [9.17, 15) is 0 Å². The Hall–Kier alpha value is -1.86. The van der Waals surface area contributed by atoms with Gasteiger partial charge in [-0.2, -0.15) is 0 Å². The average Bonchev–Trinajstić information content (AvgIpc) is 2.42. The molecule has 1 aromatic carbocycles. The summed E-state index contributed by atoms with van der Waals surface area (Å²) in [7, 11) is 4.75. The van der Waals surface area contributed by atoms with E-state index >= 15 is 0 Å². The van der Waals surface area contributed by atoms with Crippen molar-refractivity contribution in [3.8, 4) is 29.1 Å². The van der Waals surface area contributed by atoms with E-state index in [0.717, 1.165) is 18.4 Å². The molecule has 4 heteroatoms. The van der Waals surface area contributed by atoms with Gasteiger partial charge < -0.3 is 19.9 Å². The van der Waals surface area contributed by atoms with Crippen molar-refractivity contribution in [1.29, 1.82) is 0 Å². The number of unbranched alkanes of at least 4 members (excludes halogenated alkanes) is 1. The fourth-order valence-corrected chi connectivity index (χ4v) is 1.55. The van der Waals surface area contributed by atoms with E-state index in [1.54, 1.807) is 21.3 Å². The zero-order valence-corrected chi connectivity index (χ0v) is 11.1. The average molecular weight is 249 g/mol. The molecular weight excluding hydrogens is 230 g/mol. The van der Waals surface area contributed by atoms with Crippen molar-refractivity contribution in [2.24, 2.45) is 5.73 Å². The molecule has 0 heterocycles. The third kappa shape index (κ3) is 3.31. The number of nitrogens with two attached hydrogens (primary N) is 1. The molecule has 4 nitrogen and oxygen atoms in total. The zero-order valence-electron chi connectivity index (χ0n) is 11.1. The van der Waals surface area contributed by atoms with Crippen LogP contribution >= 0.6 is 0 Å². The Morgan fingerprint density at radius 2 is 1.78 bits per heavy atom. The monoisotopic (exact) mass is 249 g/mol. The predicted molar refractivity (Wildman–Crippen MR) is 71.3 cm³/mol. The lowest BCUT2D eigenvalue weighted by molar-refractivity contribution is 0.324. The first-order valence-corrected chi connectivity index (χ1v) is 5.76. The maximum atomic E-state index is 5.42. The SMILES string of the molecule is COc1ccc(C#CCCCN)c(OC)c1OC. The van der Waals surface area contributed by atoms with E-state index in [-0.39, 0.29) is 0 Å². The van der Waals surface area contributed by atoms with Crippen LogP contribution in [0.3, 0.4) is 0 Å². The van der Waals surface area contributed by atoms with Crippen molar-refractivity contribution in [2.75, 3.05) is 27.9 Å². The quantitative estimate of drug-likeness (QED) is 0.638. The van der Waals surface area contributed by atoms with Gasteiger partial charge in [-0.25, -0.2) is 0 Å². The molecule has 0 bridgehead atoms. The summed E-state index contributed by atoms with van der Waals surface area (Å²) in [6.07, 6.45) is 1.66. The standard InChI is InChI=1S/C14H19NO3/c1-16-12-9-8-11(7-5-4-6-10-15)13(17-2)14(12)18-3/h8-9H,4,6,10,15H2,1-3H3. The van der Waals surface area contributed by atoms with Crippen molar-refractivity contribution in [3.63, 3.8) is 0 Å². The van der Waals surface area contributed by atoms with Gasteiger partial charge in [0.1, 0.15) is 0 Å². The van der Waals surface area contributed by atoms with Crippen LogP contribution in [0.15, 0.2) is 12.1 Å². The normalized spacial score (nSPS) is 9.33. The van der Waals surface area contributed by atoms with Gasteiger partial charge in [0.2, 0.25) is 5.75 Å². The molecule has 98 valence electrons. The Morgan fingerprint density at radius 1 is 1.06 bits per heavy atom. The Kier molecular flexibility index (Phi) is 5.89. The zero-order chi connectivity index (χ0) is 13.4. The number of methoxy groups -OCH3 is 3. The molecule has 0 aromatic heterocycles. The highest BCUT2D eigenvalue weighted by Crippen LogP contribution is 2.39. The molecule has 18 heavy (non-hydrogen) atoms. The van der Waals surface area contributed by atoms with Crippen molar-refractivity contribution in [2.45, 2.75) is 12.8 Å². The second-order valence-corrected chi connectivity index (χ2v) is 3.58. The highest BCUT2D eigenvalue weighted by atomic mass is 16.5. The Bertz CT molecular complexity index is 446. The summed E-state index contributed by atoms with van der Waals surface area (Å²) in [6.45, 7) is 0.651. The first-order valence-electron chi connectivity index (χ1n) is 5.76. The summed E-state index contributed by atoms with van der Waals surface area (Å²) in [4.78, 5) is 0. The van der Waals surface area contributed by atoms with Gasteiger partial charge >= 0.3 is 0 Å². The fraction of sp³-hybridized carbons (Fsp3) is 0.429. The minimum Gasteiger partial charge on any atom is -0.493 e. The molecule has 1 aromatic rings. The molecule has 0 saturated heterocycles. The van der Waals surface area contributed by atoms with Gasteiger partial charge in [-0.15, -0.1) is 0 Å². The van der Waals surface area contributed by atoms with Crippen molar-refractivity contribution in [1.82, 2.24) is 0 Å². The number of hydrogen-bond donors (Lipinski definition) is 1. The van der Waals surface area contributed by atoms with E-state index in [1.165, 1.54) is 0 Å². The number of benzene rings is 1. The molecule has 0 aliphatic rings. The third-order valence-corrected chi connectivity index (χ3v) is 2.43. The number of rotatable bonds is 5. The van der Waals surface area contributed by atoms with Crippen LogP contribution in [0.5, 0.6) is 17.2 Å². The van der Waals surface area contributed by atoms with E-state index in [4.69, 9.17) is 19.9 Å². The van der Waals surface area contributed by atoms with E-state index < -0.39 is 0 Å². The molecule has 0 atom stereocenters. The van der Waals surface area contributed by atoms with Gasteiger partial charge in [-0.3, -0.25) is 0 Å². The highest BCUT2D eigenvalue weighted by Gasteiger charge is 2.14. The van der Waals surface area contributed by atoms with E-state index in [2.05, 4.69) is 11.8 Å². The lowest BCUT2D eigenvalue weighted by Gasteiger charge is -2.13. The largest absolute Gasteiger partial charge is 0.493 e. The van der Waals surface area contributed by atoms with Crippen LogP contribution in [0.2, 0.25) is 0 Å². The Morgan fingerprint density at radius 3 is 2.33 bits per heavy atom. The first-order chi connectivity index (χ1) is 8.78. The van der Waals surface area contributed by atoms with Gasteiger partial charge in [-0.05, 0) is 25.1 Å². The van der Waals surface area contributed by atoms with Crippen LogP contribution < -0.4 is 19.9 Å². The summed E-state index contributed by atoms with van der Waals surface area (Å²) < 4.78 is 15.8. The summed E-state index contributed by atoms with van der Waals surface area (Å²) in [5.74, 6) is 7.90. The minimum absolute atomic E-state index is 0.561. The minimum atomic E-state index is 0.561. The topological polar surface area (TPSA) is 53.7 Å². The van der Waals surface area contributed by atoms with Crippen LogP contribution in [0.4, 0.5) is 0 Å². The third-order valence-electron chi connectivity index (χ3n) is 2.43. The number of ether oxygens (including phenoxy) is 3. The molecule has 0 amide bonds. The lowest BCUT2D eigenvalue weighted by atomic mass is 10.1. The Balaban J connectivity index is 3.07. The molecule has 0 saturated carbocycles. The van der Waals surface area contributed by atoms with Crippen LogP contribution in [-0.4, -0.2) is 27.9 Å². The molecule has 0 fully saturated rings. The summed E-state index contributed by atoms with van der Waals surface area (Å²) in [5, 5.41) is 0. The van der Waals surface area contributed by atoms with Gasteiger partial charge in [0.15, 0.2) is 11.5 Å². The number of hydrogen-bond acceptors (Lipinski definition) is 4. The fourth-order valence-electron chi connectivity index (χ4n) is 1.55. The summed E-state index contributed by atoms with van der Waals surface area (Å²) in [5.41, 5.74) is 6.20. The molecule has 0 unspecified atom stereocenters. The highest BCUT2D eigenvalue weighted by molar-refractivity contribution is 5.60. The molecular formula is C14H19NO3. The molecule has 0 aliphatic carbocycles. The maximum Gasteiger partial charge on any atom is 0.204 e. The van der Waals surface area contributed by atoms with Gasteiger partial charge in [0.05, 0.1) is 26.9 Å².